The summed E-state index contributed by atoms with van der Waals surface area (Å²) in [5.74, 6) is -0.479. The summed E-state index contributed by atoms with van der Waals surface area (Å²) in [7, 11) is -5.41. The summed E-state index contributed by atoms with van der Waals surface area (Å²) in [6, 6.07) is -1.41. The number of carbonyl (C=O) groups is 1. The number of phosphoric ester groups is 1. The lowest BCUT2D eigenvalue weighted by atomic mass is 9.84. The Hall–Kier alpha value is -0.900. The molecule has 0 spiro atoms. The molecule has 1 amide bonds. The first-order chi connectivity index (χ1) is 35.1. The van der Waals surface area contributed by atoms with Crippen molar-refractivity contribution in [3.63, 3.8) is 0 Å². The second kappa shape index (κ2) is 41.2. The highest BCUT2D eigenvalue weighted by molar-refractivity contribution is 7.47. The highest BCUT2D eigenvalue weighted by atomic mass is 31.2. The van der Waals surface area contributed by atoms with Gasteiger partial charge in [0.15, 0.2) is 6.29 Å². The van der Waals surface area contributed by atoms with Crippen LogP contribution in [0.2, 0.25) is 0 Å². The maximum absolute atomic E-state index is 13.5. The van der Waals surface area contributed by atoms with Crippen molar-refractivity contribution in [3.05, 3.63) is 0 Å². The lowest BCUT2D eigenvalue weighted by Crippen LogP contribution is -2.67. The molecule has 15 atom stereocenters. The first-order valence-electron chi connectivity index (χ1n) is 29.1. The molecule has 2 rings (SSSR count). The largest absolute Gasteiger partial charge is 0.472 e. The zero-order valence-electron chi connectivity index (χ0n) is 45.1. The molecule has 2 fully saturated rings. The molecule has 18 nitrogen and oxygen atoms in total. The third kappa shape index (κ3) is 28.5. The number of carbonyl (C=O) groups excluding carboxylic acids is 1. The predicted octanol–water partition coefficient (Wildman–Crippen LogP) is 7.03. The summed E-state index contributed by atoms with van der Waals surface area (Å²) >= 11 is 0. The molecule has 2 unspecified atom stereocenters. The van der Waals surface area contributed by atoms with Gasteiger partial charge in [-0.1, -0.05) is 219 Å². The van der Waals surface area contributed by atoms with Crippen LogP contribution in [0.1, 0.15) is 239 Å². The smallest absolute Gasteiger partial charge is 0.394 e. The van der Waals surface area contributed by atoms with Gasteiger partial charge in [-0.3, -0.25) is 13.8 Å². The first-order valence-corrected chi connectivity index (χ1v) is 30.6. The first kappa shape index (κ1) is 68.2. The minimum atomic E-state index is -5.41. The van der Waals surface area contributed by atoms with Crippen molar-refractivity contribution >= 4 is 13.7 Å². The van der Waals surface area contributed by atoms with Crippen molar-refractivity contribution in [2.45, 2.75) is 324 Å². The Morgan fingerprint density at radius 3 is 1.30 bits per heavy atom. The highest BCUT2D eigenvalue weighted by Crippen LogP contribution is 2.48. The number of phosphoric acid groups is 1. The van der Waals surface area contributed by atoms with E-state index in [1.54, 1.807) is 0 Å². The maximum atomic E-state index is 13.5. The van der Waals surface area contributed by atoms with Gasteiger partial charge < -0.3 is 70.7 Å². The maximum Gasteiger partial charge on any atom is 0.472 e. The second-order valence-corrected chi connectivity index (χ2v) is 22.7. The van der Waals surface area contributed by atoms with Crippen molar-refractivity contribution in [3.8, 4) is 0 Å². The summed E-state index contributed by atoms with van der Waals surface area (Å²) in [4.78, 5) is 24.2. The van der Waals surface area contributed by atoms with E-state index in [-0.39, 0.29) is 12.8 Å². The Morgan fingerprint density at radius 1 is 0.521 bits per heavy atom. The number of unbranched alkanes of at least 4 members (excludes halogenated alkanes) is 31. The van der Waals surface area contributed by atoms with Crippen LogP contribution in [0.5, 0.6) is 0 Å². The van der Waals surface area contributed by atoms with E-state index < -0.39 is 113 Å². The number of nitrogens with one attached hydrogen (secondary N) is 1. The molecule has 0 aromatic carbocycles. The molecule has 1 heterocycles. The molecule has 0 aromatic heterocycles. The minimum Gasteiger partial charge on any atom is -0.394 e. The van der Waals surface area contributed by atoms with Gasteiger partial charge >= 0.3 is 7.82 Å². The number of rotatable bonds is 46. The number of hydrogen-bond acceptors (Lipinski definition) is 16. The van der Waals surface area contributed by atoms with E-state index >= 15 is 0 Å². The molecule has 1 aliphatic carbocycles. The van der Waals surface area contributed by atoms with Crippen LogP contribution in [0.4, 0.5) is 0 Å². The van der Waals surface area contributed by atoms with E-state index in [4.69, 9.17) is 18.5 Å². The highest BCUT2D eigenvalue weighted by Gasteiger charge is 2.55. The Kier molecular flexibility index (Phi) is 38.5. The van der Waals surface area contributed by atoms with E-state index in [1.807, 2.05) is 0 Å². The SMILES string of the molecule is CCCCCCCCCCCCCCCCCCCCCCCC(=O)N[C@@H](COP(=O)(O)O[C@@H]1[C@H](O)[C@H](O)[C@@H](O)[C@H](O)[C@H]1O[C@@H]1O[C@H](CO)[C@@H](O)[C@H](O)[C@@H]1O)[C@H](O)C(O)CCCCCCCCCCCCCC. The van der Waals surface area contributed by atoms with Gasteiger partial charge in [0.2, 0.25) is 5.91 Å². The molecule has 1 aliphatic heterocycles. The van der Waals surface area contributed by atoms with Gasteiger partial charge in [-0.25, -0.2) is 4.57 Å². The Morgan fingerprint density at radius 2 is 0.890 bits per heavy atom. The van der Waals surface area contributed by atoms with Crippen LogP contribution in [0.3, 0.4) is 0 Å². The summed E-state index contributed by atoms with van der Waals surface area (Å²) in [5.41, 5.74) is 0. The third-order valence-electron chi connectivity index (χ3n) is 14.9. The van der Waals surface area contributed by atoms with Crippen LogP contribution in [-0.2, 0) is 27.9 Å². The molecule has 2 aliphatic rings. The molecule has 0 bridgehead atoms. The third-order valence-corrected chi connectivity index (χ3v) is 15.9. The van der Waals surface area contributed by atoms with Crippen molar-refractivity contribution < 1.29 is 83.8 Å². The topological polar surface area (TPSA) is 306 Å². The lowest BCUT2D eigenvalue weighted by molar-refractivity contribution is -0.338. The van der Waals surface area contributed by atoms with Crippen LogP contribution >= 0.6 is 7.82 Å². The van der Waals surface area contributed by atoms with Crippen molar-refractivity contribution in [2.24, 2.45) is 0 Å². The van der Waals surface area contributed by atoms with Crippen LogP contribution < -0.4 is 5.32 Å². The molecule has 434 valence electrons. The minimum absolute atomic E-state index is 0.0910. The van der Waals surface area contributed by atoms with E-state index in [0.717, 1.165) is 51.4 Å². The zero-order chi connectivity index (χ0) is 53.9. The molecule has 73 heavy (non-hydrogen) atoms. The van der Waals surface area contributed by atoms with Gasteiger partial charge in [-0.15, -0.1) is 0 Å². The molecule has 0 radical (unpaired) electrons. The van der Waals surface area contributed by atoms with Crippen molar-refractivity contribution in [2.75, 3.05) is 13.2 Å². The fraction of sp³-hybridized carbons (Fsp3) is 0.981. The number of ether oxygens (including phenoxy) is 2. The summed E-state index contributed by atoms with van der Waals surface area (Å²) < 4.78 is 34.8. The van der Waals surface area contributed by atoms with E-state index in [1.165, 1.54) is 148 Å². The predicted molar refractivity (Wildman–Crippen MR) is 280 cm³/mol. The molecular weight excluding hydrogens is 966 g/mol. The van der Waals surface area contributed by atoms with Crippen LogP contribution in [0.15, 0.2) is 0 Å². The molecule has 0 aromatic rings. The van der Waals surface area contributed by atoms with Gasteiger partial charge in [0.1, 0.15) is 67.1 Å². The molecule has 1 saturated heterocycles. The fourth-order valence-electron chi connectivity index (χ4n) is 10.0. The number of aliphatic hydroxyl groups is 10. The lowest BCUT2D eigenvalue weighted by Gasteiger charge is -2.47. The monoisotopic (exact) mass is 1070 g/mol. The van der Waals surface area contributed by atoms with Crippen molar-refractivity contribution in [1.82, 2.24) is 5.32 Å². The Balaban J connectivity index is 1.89. The number of hydrogen-bond donors (Lipinski definition) is 12. The average molecular weight is 1070 g/mol. The average Bonchev–Trinajstić information content (AvgIpc) is 3.37. The quantitative estimate of drug-likeness (QED) is 0.0215. The number of amides is 1. The van der Waals surface area contributed by atoms with E-state index in [9.17, 15) is 65.3 Å². The zero-order valence-corrected chi connectivity index (χ0v) is 46.0. The normalized spacial score (nSPS) is 27.7. The molecule has 1 saturated carbocycles. The Labute approximate surface area is 439 Å². The standard InChI is InChI=1S/C54H106NO17P/c1-3-5-7-9-11-13-15-17-18-19-20-21-22-23-24-25-27-29-31-33-35-37-43(58)55-40(44(59)41(57)36-34-32-30-28-26-16-14-12-10-8-6-4-2)39-69-73(67,68)72-53-50(65)48(63)47(62)49(64)52(53)71-54-51(66)46(61)45(60)42(38-56)70-54/h40-42,44-54,56-57,59-66H,3-39H2,1-2H3,(H,55,58)(H,67,68)/t40-,41?,42+,44-,45+,46-,47+,48+,49-,50+,51-,52+,53+,54-/m0/s1. The van der Waals surface area contributed by atoms with Crippen LogP contribution in [-0.4, -0.2) is 161 Å². The molecule has 19 heteroatoms. The second-order valence-electron chi connectivity index (χ2n) is 21.3. The summed E-state index contributed by atoms with van der Waals surface area (Å²) in [6.45, 7) is 2.75. The van der Waals surface area contributed by atoms with Gasteiger partial charge in [-0.05, 0) is 12.8 Å². The van der Waals surface area contributed by atoms with Gasteiger partial charge in [0, 0.05) is 6.42 Å². The van der Waals surface area contributed by atoms with Gasteiger partial charge in [-0.2, -0.15) is 0 Å². The van der Waals surface area contributed by atoms with Crippen LogP contribution in [0.25, 0.3) is 0 Å². The van der Waals surface area contributed by atoms with Crippen LogP contribution in [0, 0.1) is 0 Å². The molecular formula is C54H106NO17P. The van der Waals surface area contributed by atoms with E-state index in [0.29, 0.717) is 12.8 Å². The fourth-order valence-corrected chi connectivity index (χ4v) is 11.0. The summed E-state index contributed by atoms with van der Waals surface area (Å²) in [6.07, 6.45) is 14.3. The molecule has 12 N–H and O–H groups in total. The van der Waals surface area contributed by atoms with Gasteiger partial charge in [0.05, 0.1) is 25.4 Å². The Bertz CT molecular complexity index is 1390. The van der Waals surface area contributed by atoms with E-state index in [2.05, 4.69) is 19.2 Å². The summed E-state index contributed by atoms with van der Waals surface area (Å²) in [5, 5.41) is 108. The van der Waals surface area contributed by atoms with Gasteiger partial charge in [0.25, 0.3) is 0 Å². The number of aliphatic hydroxyl groups excluding tert-OH is 10. The van der Waals surface area contributed by atoms with Crippen molar-refractivity contribution in [1.29, 1.82) is 0 Å².